The van der Waals surface area contributed by atoms with Gasteiger partial charge in [0, 0.05) is 40.2 Å². The lowest BCUT2D eigenvalue weighted by Crippen LogP contribution is -2.49. The Bertz CT molecular complexity index is 5370. The first-order chi connectivity index (χ1) is 50.1. The van der Waals surface area contributed by atoms with Crippen LogP contribution in [0.25, 0.3) is 45.5 Å². The third kappa shape index (κ3) is 10.5. The fraction of sp³-hybridized carbons (Fsp3) is 0.0538. The number of nitrogens with zero attached hydrogens (tertiary/aromatic N) is 2. The maximum absolute atomic E-state index is 16.1. The largest absolute Gasteiger partial charge is 0.457 e. The number of fused-ring (bicyclic) bond motifs is 9. The van der Waals surface area contributed by atoms with Gasteiger partial charge in [0.05, 0.1) is 10.8 Å². The van der Waals surface area contributed by atoms with Crippen LogP contribution >= 0.6 is 0 Å². The number of ether oxygens (including phenoxy) is 2. The van der Waals surface area contributed by atoms with Crippen LogP contribution in [0.4, 0.5) is 56.1 Å². The standard InChI is InChI=1S/C93H65F5N2O2Si/c1-6-59-16-38-73(39-17-59)101-75-42-24-63(25-43-75)92(61-20-28-65(94)29-21-61)83-14-10-8-12-77(83)79-46-32-70(55-85(79)92)99(67-34-48-87(96)58(3)52-67)68-36-50-90-81(53-68)82-54-69(37-51-91(82)103(90,4)5)100(72-35-49-88(97)89(98)57-72)71-33-47-80-78-13-9-11-15-84(78)93(86(80)56-71,62-22-30-66(95)31-23-62)64-26-44-76(45-27-64)102-74-40-18-60(7-2)19-41-74/h6-57H,1-2H2,3-5H3. The van der Waals surface area contributed by atoms with Gasteiger partial charge in [-0.15, -0.1) is 0 Å². The topological polar surface area (TPSA) is 24.9 Å². The second-order valence-corrected chi connectivity index (χ2v) is 31.5. The van der Waals surface area contributed by atoms with Crippen LogP contribution in [-0.2, 0) is 10.8 Å². The molecule has 2 unspecified atom stereocenters. The van der Waals surface area contributed by atoms with E-state index in [9.17, 15) is 0 Å². The molecule has 3 aliphatic rings. The normalized spacial score (nSPS) is 15.4. The number of hydrogen-bond acceptors (Lipinski definition) is 4. The maximum atomic E-state index is 16.1. The lowest BCUT2D eigenvalue weighted by atomic mass is 9.67. The van der Waals surface area contributed by atoms with Gasteiger partial charge in [0.15, 0.2) is 11.6 Å². The minimum absolute atomic E-state index is 0.334. The zero-order valence-electron chi connectivity index (χ0n) is 56.5. The molecule has 0 spiro atoms. The molecule has 0 N–H and O–H groups in total. The highest BCUT2D eigenvalue weighted by molar-refractivity contribution is 7.03. The Kier molecular flexibility index (Phi) is 15.6. The highest BCUT2D eigenvalue weighted by Gasteiger charge is 2.49. The molecule has 1 aliphatic heterocycles. The van der Waals surface area contributed by atoms with E-state index in [0.29, 0.717) is 45.6 Å². The molecule has 0 bridgehead atoms. The van der Waals surface area contributed by atoms with Crippen molar-refractivity contribution < 1.29 is 31.4 Å². The van der Waals surface area contributed by atoms with Crippen molar-refractivity contribution in [1.82, 2.24) is 0 Å². The van der Waals surface area contributed by atoms with Gasteiger partial charge in [0.1, 0.15) is 48.5 Å². The zero-order chi connectivity index (χ0) is 70.5. The molecule has 103 heavy (non-hydrogen) atoms. The van der Waals surface area contributed by atoms with Crippen LogP contribution in [-0.4, -0.2) is 8.07 Å². The lowest BCUT2D eigenvalue weighted by molar-refractivity contribution is 0.482. The van der Waals surface area contributed by atoms with Gasteiger partial charge in [-0.05, 0) is 264 Å². The van der Waals surface area contributed by atoms with E-state index in [1.165, 1.54) is 46.8 Å². The van der Waals surface area contributed by atoms with Crippen molar-refractivity contribution in [2.75, 3.05) is 9.80 Å². The molecule has 10 heteroatoms. The molecule has 0 saturated carbocycles. The van der Waals surface area contributed by atoms with Crippen molar-refractivity contribution in [3.63, 3.8) is 0 Å². The summed E-state index contributed by atoms with van der Waals surface area (Å²) in [4.78, 5) is 4.17. The van der Waals surface area contributed by atoms with Crippen molar-refractivity contribution in [2.45, 2.75) is 30.8 Å². The van der Waals surface area contributed by atoms with E-state index in [1.54, 1.807) is 25.1 Å². The number of rotatable bonds is 16. The SMILES string of the molecule is C=Cc1ccc(Oc2ccc(C3(c4ccc(F)cc4)c4ccccc4-c4ccc(N(c5ccc(F)c(C)c5)c5ccc6c(c5)-c5cc(N(c7ccc(F)c(F)c7)c7ccc8c(c7)C(c7ccc(F)cc7)(c7ccc(Oc9ccc(C=C)cc9)cc7)c7ccccc7-8)ccc5[Si]6(C)C)cc43)cc2)cc1. The Morgan fingerprint density at radius 3 is 1.04 bits per heavy atom. The molecule has 1 heterocycles. The van der Waals surface area contributed by atoms with E-state index < -0.39 is 30.5 Å². The number of hydrogen-bond donors (Lipinski definition) is 0. The highest BCUT2D eigenvalue weighted by Crippen LogP contribution is 2.60. The molecule has 0 fully saturated rings. The van der Waals surface area contributed by atoms with Gasteiger partial charge in [-0.1, -0.05) is 184 Å². The third-order valence-corrected chi connectivity index (χ3v) is 24.7. The Hall–Kier alpha value is -12.4. The summed E-state index contributed by atoms with van der Waals surface area (Å²) in [6, 6.07) is 96.8. The molecular formula is C93H65F5N2O2Si. The van der Waals surface area contributed by atoms with Gasteiger partial charge in [-0.2, -0.15) is 0 Å². The number of benzene rings is 14. The Balaban J connectivity index is 0.817. The van der Waals surface area contributed by atoms with E-state index in [0.717, 1.165) is 112 Å². The van der Waals surface area contributed by atoms with Gasteiger partial charge in [0.2, 0.25) is 0 Å². The van der Waals surface area contributed by atoms with Crippen molar-refractivity contribution in [3.8, 4) is 56.4 Å². The summed E-state index contributed by atoms with van der Waals surface area (Å²) in [6.07, 6.45) is 3.57. The van der Waals surface area contributed by atoms with Crippen LogP contribution in [0.3, 0.4) is 0 Å². The summed E-state index contributed by atoms with van der Waals surface area (Å²) >= 11 is 0. The van der Waals surface area contributed by atoms with Gasteiger partial charge in [-0.25, -0.2) is 22.0 Å². The summed E-state index contributed by atoms with van der Waals surface area (Å²) in [5.74, 6) is -0.423. The van der Waals surface area contributed by atoms with E-state index >= 15 is 22.0 Å². The van der Waals surface area contributed by atoms with Crippen molar-refractivity contribution in [3.05, 3.63) is 407 Å². The van der Waals surface area contributed by atoms with Crippen LogP contribution in [0.2, 0.25) is 13.1 Å². The molecule has 0 aromatic heterocycles. The molecule has 14 aromatic carbocycles. The van der Waals surface area contributed by atoms with E-state index in [1.807, 2.05) is 144 Å². The van der Waals surface area contributed by atoms with Crippen LogP contribution in [0, 0.1) is 36.0 Å². The first-order valence-corrected chi connectivity index (χ1v) is 37.3. The second kappa shape index (κ2) is 25.1. The third-order valence-electron chi connectivity index (χ3n) is 21.1. The van der Waals surface area contributed by atoms with Crippen molar-refractivity contribution >= 4 is 64.7 Å². The van der Waals surface area contributed by atoms with Crippen LogP contribution in [0.15, 0.2) is 316 Å². The van der Waals surface area contributed by atoms with E-state index in [2.05, 4.69) is 146 Å². The molecule has 17 rings (SSSR count). The summed E-state index contributed by atoms with van der Waals surface area (Å²) in [5, 5.41) is 2.40. The fourth-order valence-corrected chi connectivity index (χ4v) is 19.3. The summed E-state index contributed by atoms with van der Waals surface area (Å²) in [6.45, 7) is 14.3. The predicted octanol–water partition coefficient (Wildman–Crippen LogP) is 24.0. The van der Waals surface area contributed by atoms with Crippen molar-refractivity contribution in [2.24, 2.45) is 0 Å². The lowest BCUT2D eigenvalue weighted by Gasteiger charge is -2.35. The Morgan fingerprint density at radius 2 is 0.641 bits per heavy atom. The molecule has 498 valence electrons. The van der Waals surface area contributed by atoms with Crippen LogP contribution in [0.5, 0.6) is 23.0 Å². The molecule has 2 aliphatic carbocycles. The first kappa shape index (κ1) is 64.0. The summed E-state index contributed by atoms with van der Waals surface area (Å²) < 4.78 is 90.6. The van der Waals surface area contributed by atoms with E-state index in [4.69, 9.17) is 9.47 Å². The van der Waals surface area contributed by atoms with E-state index in [-0.39, 0.29) is 17.5 Å². The van der Waals surface area contributed by atoms with Gasteiger partial charge < -0.3 is 19.3 Å². The molecule has 2 atom stereocenters. The average Bonchev–Trinajstić information content (AvgIpc) is 1.58. The second-order valence-electron chi connectivity index (χ2n) is 27.2. The predicted molar refractivity (Wildman–Crippen MR) is 410 cm³/mol. The molecule has 0 radical (unpaired) electrons. The summed E-state index contributed by atoms with van der Waals surface area (Å²) in [5.41, 5.74) is 18.0. The van der Waals surface area contributed by atoms with Gasteiger partial charge in [0.25, 0.3) is 0 Å². The number of halogens is 5. The summed E-state index contributed by atoms with van der Waals surface area (Å²) in [7, 11) is -2.48. The number of anilines is 6. The fourth-order valence-electron chi connectivity index (χ4n) is 16.3. The molecule has 4 nitrogen and oxygen atoms in total. The van der Waals surface area contributed by atoms with Gasteiger partial charge in [-0.3, -0.25) is 0 Å². The molecule has 14 aromatic rings. The quantitative estimate of drug-likeness (QED) is 0.0711. The zero-order valence-corrected chi connectivity index (χ0v) is 57.5. The average molecular weight is 1370 g/mol. The molecule has 0 saturated heterocycles. The van der Waals surface area contributed by atoms with Crippen LogP contribution in [0.1, 0.15) is 61.2 Å². The Labute approximate surface area is 596 Å². The smallest absolute Gasteiger partial charge is 0.160 e. The maximum Gasteiger partial charge on any atom is 0.160 e. The molecule has 0 amide bonds. The Morgan fingerprint density at radius 1 is 0.311 bits per heavy atom. The molecular weight excluding hydrogens is 1300 g/mol. The number of aryl methyl sites for hydroxylation is 1. The van der Waals surface area contributed by atoms with Gasteiger partial charge >= 0.3 is 0 Å². The first-order valence-electron chi connectivity index (χ1n) is 34.3. The monoisotopic (exact) mass is 1360 g/mol. The minimum Gasteiger partial charge on any atom is -0.457 e. The van der Waals surface area contributed by atoms with Crippen molar-refractivity contribution in [1.29, 1.82) is 0 Å². The van der Waals surface area contributed by atoms with Crippen LogP contribution < -0.4 is 29.6 Å². The minimum atomic E-state index is -2.48. The highest BCUT2D eigenvalue weighted by atomic mass is 28.3.